The van der Waals surface area contributed by atoms with Crippen molar-refractivity contribution in [3.63, 3.8) is 0 Å². The quantitative estimate of drug-likeness (QED) is 0.307. The van der Waals surface area contributed by atoms with Gasteiger partial charge in [0.15, 0.2) is 0 Å². The van der Waals surface area contributed by atoms with E-state index in [-0.39, 0.29) is 17.2 Å². The number of rotatable bonds is 8. The Morgan fingerprint density at radius 3 is 2.47 bits per heavy atom. The van der Waals surface area contributed by atoms with Gasteiger partial charge in [-0.3, -0.25) is 9.59 Å². The van der Waals surface area contributed by atoms with Gasteiger partial charge in [0.2, 0.25) is 10.0 Å². The summed E-state index contributed by atoms with van der Waals surface area (Å²) in [6.07, 6.45) is 0.220. The molecule has 0 radical (unpaired) electrons. The molecule has 2 aromatic carbocycles. The largest absolute Gasteiger partial charge is 0.468 e. The van der Waals surface area contributed by atoms with Crippen LogP contribution in [-0.2, 0) is 30.8 Å². The molecule has 30 heavy (non-hydrogen) atoms. The molecule has 1 amide bonds. The van der Waals surface area contributed by atoms with Gasteiger partial charge in [0.05, 0.1) is 18.6 Å². The fourth-order valence-electron chi connectivity index (χ4n) is 2.54. The Hall–Kier alpha value is -3.08. The molecular formula is C20H24N4O5S. The standard InChI is InChI=1S/C20H24N4O5S/c1-13-6-8-16(9-7-13)30(27,28)23-12-18(25)24-19(22)15-5-3-4-14(10-15)11-17(21)20(26)29-2/h3-10,17,23H,11-12,21H2,1-2H3,(H2,22,24,25)/t17-/m0/s1. The zero-order chi connectivity index (χ0) is 22.3. The average molecular weight is 433 g/mol. The third kappa shape index (κ3) is 6.48. The number of methoxy groups -OCH3 is 1. The van der Waals surface area contributed by atoms with E-state index >= 15 is 0 Å². The second-order valence-electron chi connectivity index (χ2n) is 6.56. The number of amides is 1. The van der Waals surface area contributed by atoms with E-state index in [0.29, 0.717) is 11.1 Å². The van der Waals surface area contributed by atoms with Crippen LogP contribution in [0.5, 0.6) is 0 Å². The van der Waals surface area contributed by atoms with Crippen LogP contribution in [0.2, 0.25) is 0 Å². The van der Waals surface area contributed by atoms with Crippen molar-refractivity contribution in [2.45, 2.75) is 24.3 Å². The van der Waals surface area contributed by atoms with E-state index in [9.17, 15) is 18.0 Å². The smallest absolute Gasteiger partial charge is 0.322 e. The molecule has 9 nitrogen and oxygen atoms in total. The number of sulfonamides is 1. The van der Waals surface area contributed by atoms with Crippen molar-refractivity contribution in [1.29, 1.82) is 0 Å². The normalized spacial score (nSPS) is 13.0. The summed E-state index contributed by atoms with van der Waals surface area (Å²) < 4.78 is 31.3. The van der Waals surface area contributed by atoms with Crippen molar-refractivity contribution in [1.82, 2.24) is 4.72 Å². The molecule has 0 aromatic heterocycles. The number of nitrogens with one attached hydrogen (secondary N) is 1. The predicted octanol–water partition coefficient (Wildman–Crippen LogP) is 0.248. The number of carbonyl (C=O) groups excluding carboxylic acids is 2. The number of hydrogen-bond acceptors (Lipinski definition) is 6. The molecule has 0 unspecified atom stereocenters. The Balaban J connectivity index is 2.04. The highest BCUT2D eigenvalue weighted by Gasteiger charge is 2.16. The molecule has 10 heteroatoms. The van der Waals surface area contributed by atoms with Crippen molar-refractivity contribution in [2.75, 3.05) is 13.7 Å². The highest BCUT2D eigenvalue weighted by atomic mass is 32.2. The lowest BCUT2D eigenvalue weighted by atomic mass is 10.0. The van der Waals surface area contributed by atoms with Crippen LogP contribution in [0.25, 0.3) is 0 Å². The van der Waals surface area contributed by atoms with Gasteiger partial charge in [-0.2, -0.15) is 4.99 Å². The molecule has 2 rings (SSSR count). The van der Waals surface area contributed by atoms with Gasteiger partial charge in [-0.05, 0) is 37.1 Å². The highest BCUT2D eigenvalue weighted by Crippen LogP contribution is 2.10. The van der Waals surface area contributed by atoms with Crippen molar-refractivity contribution in [2.24, 2.45) is 16.5 Å². The summed E-state index contributed by atoms with van der Waals surface area (Å²) in [5.41, 5.74) is 13.7. The Morgan fingerprint density at radius 1 is 1.17 bits per heavy atom. The summed E-state index contributed by atoms with van der Waals surface area (Å²) in [5.74, 6) is -1.37. The lowest BCUT2D eigenvalue weighted by Gasteiger charge is -2.10. The van der Waals surface area contributed by atoms with Crippen LogP contribution in [0.15, 0.2) is 58.4 Å². The average Bonchev–Trinajstić information content (AvgIpc) is 2.72. The van der Waals surface area contributed by atoms with Crippen molar-refractivity contribution < 1.29 is 22.7 Å². The van der Waals surface area contributed by atoms with E-state index in [1.54, 1.807) is 36.4 Å². The second-order valence-corrected chi connectivity index (χ2v) is 8.33. The lowest BCUT2D eigenvalue weighted by molar-refractivity contribution is -0.142. The third-order valence-electron chi connectivity index (χ3n) is 4.17. The Bertz CT molecular complexity index is 1050. The summed E-state index contributed by atoms with van der Waals surface area (Å²) in [6, 6.07) is 12.1. The maximum Gasteiger partial charge on any atom is 0.322 e. The molecule has 0 bridgehead atoms. The van der Waals surface area contributed by atoms with Crippen LogP contribution in [0.4, 0.5) is 0 Å². The predicted molar refractivity (Wildman–Crippen MR) is 112 cm³/mol. The van der Waals surface area contributed by atoms with E-state index in [1.165, 1.54) is 19.2 Å². The molecule has 0 saturated heterocycles. The molecule has 0 spiro atoms. The number of nitrogens with zero attached hydrogens (tertiary/aromatic N) is 1. The van der Waals surface area contributed by atoms with Crippen molar-refractivity contribution in [3.05, 3.63) is 65.2 Å². The number of amidine groups is 1. The minimum absolute atomic E-state index is 0.0486. The molecule has 5 N–H and O–H groups in total. The van der Waals surface area contributed by atoms with E-state index < -0.39 is 34.5 Å². The first-order valence-electron chi connectivity index (χ1n) is 8.98. The van der Waals surface area contributed by atoms with E-state index in [2.05, 4.69) is 14.5 Å². The summed E-state index contributed by atoms with van der Waals surface area (Å²) in [6.45, 7) is 1.30. The maximum atomic E-state index is 12.2. The van der Waals surface area contributed by atoms with Crippen molar-refractivity contribution in [3.8, 4) is 0 Å². The van der Waals surface area contributed by atoms with Gasteiger partial charge in [0, 0.05) is 5.56 Å². The van der Waals surface area contributed by atoms with E-state index in [4.69, 9.17) is 11.5 Å². The van der Waals surface area contributed by atoms with E-state index in [0.717, 1.165) is 5.56 Å². The molecule has 0 fully saturated rings. The summed E-state index contributed by atoms with van der Waals surface area (Å²) in [5, 5.41) is 0. The SMILES string of the molecule is COC(=O)[C@@H](N)Cc1cccc(C(N)=NC(=O)CNS(=O)(=O)c2ccc(C)cc2)c1. The number of aryl methyl sites for hydroxylation is 1. The molecule has 0 aliphatic heterocycles. The highest BCUT2D eigenvalue weighted by molar-refractivity contribution is 7.89. The summed E-state index contributed by atoms with van der Waals surface area (Å²) in [7, 11) is -2.59. The molecule has 2 aromatic rings. The summed E-state index contributed by atoms with van der Waals surface area (Å²) in [4.78, 5) is 27.3. The van der Waals surface area contributed by atoms with Gasteiger partial charge in [0.25, 0.3) is 5.91 Å². The van der Waals surface area contributed by atoms with Gasteiger partial charge in [-0.1, -0.05) is 35.9 Å². The first-order valence-corrected chi connectivity index (χ1v) is 10.5. The fourth-order valence-corrected chi connectivity index (χ4v) is 3.52. The number of esters is 1. The maximum absolute atomic E-state index is 12.2. The van der Waals surface area contributed by atoms with Gasteiger partial charge >= 0.3 is 5.97 Å². The summed E-state index contributed by atoms with van der Waals surface area (Å²) >= 11 is 0. The van der Waals surface area contributed by atoms with Crippen LogP contribution in [0.1, 0.15) is 16.7 Å². The molecular weight excluding hydrogens is 408 g/mol. The molecule has 1 atom stereocenters. The number of hydrogen-bond donors (Lipinski definition) is 3. The zero-order valence-electron chi connectivity index (χ0n) is 16.7. The van der Waals surface area contributed by atoms with Crippen LogP contribution in [0, 0.1) is 6.92 Å². The van der Waals surface area contributed by atoms with Gasteiger partial charge in [-0.15, -0.1) is 0 Å². The molecule has 160 valence electrons. The Kier molecular flexibility index (Phi) is 7.81. The molecule has 0 aliphatic carbocycles. The van der Waals surface area contributed by atoms with Crippen LogP contribution in [-0.4, -0.2) is 45.8 Å². The number of nitrogens with two attached hydrogens (primary N) is 2. The Morgan fingerprint density at radius 2 is 1.83 bits per heavy atom. The minimum atomic E-state index is -3.84. The van der Waals surface area contributed by atoms with Crippen LogP contribution in [0.3, 0.4) is 0 Å². The van der Waals surface area contributed by atoms with E-state index in [1.807, 2.05) is 6.92 Å². The number of ether oxygens (including phenoxy) is 1. The second kappa shape index (κ2) is 10.1. The molecule has 0 aliphatic rings. The third-order valence-corrected chi connectivity index (χ3v) is 5.59. The van der Waals surface area contributed by atoms with Gasteiger partial charge in [0.1, 0.15) is 11.9 Å². The molecule has 0 heterocycles. The van der Waals surface area contributed by atoms with Gasteiger partial charge < -0.3 is 16.2 Å². The topological polar surface area (TPSA) is 154 Å². The number of carbonyl (C=O) groups is 2. The first-order chi connectivity index (χ1) is 14.1. The monoisotopic (exact) mass is 432 g/mol. The number of benzene rings is 2. The number of aliphatic imine (C=N–C) groups is 1. The first kappa shape index (κ1) is 23.2. The minimum Gasteiger partial charge on any atom is -0.468 e. The fraction of sp³-hybridized carbons (Fsp3) is 0.250. The van der Waals surface area contributed by atoms with Gasteiger partial charge in [-0.25, -0.2) is 13.1 Å². The van der Waals surface area contributed by atoms with Crippen LogP contribution < -0.4 is 16.2 Å². The Labute approximate surface area is 175 Å². The van der Waals surface area contributed by atoms with Crippen LogP contribution >= 0.6 is 0 Å². The lowest BCUT2D eigenvalue weighted by Crippen LogP contribution is -2.33. The molecule has 0 saturated carbocycles. The zero-order valence-corrected chi connectivity index (χ0v) is 17.5. The van der Waals surface area contributed by atoms with Crippen molar-refractivity contribution >= 4 is 27.7 Å².